The molecule has 3 heteroatoms. The average molecular weight is 269 g/mol. The number of carboxylic acids is 1. The summed E-state index contributed by atoms with van der Waals surface area (Å²) < 4.78 is 0. The van der Waals surface area contributed by atoms with Crippen LogP contribution in [0.2, 0.25) is 0 Å². The Labute approximate surface area is 118 Å². The Morgan fingerprint density at radius 3 is 2.70 bits per heavy atom. The van der Waals surface area contributed by atoms with Crippen molar-refractivity contribution >= 4 is 16.7 Å². The summed E-state index contributed by atoms with van der Waals surface area (Å²) in [5.41, 5.74) is 1.26. The summed E-state index contributed by atoms with van der Waals surface area (Å²) >= 11 is 0. The predicted molar refractivity (Wildman–Crippen MR) is 79.7 cm³/mol. The Balaban J connectivity index is 1.82. The largest absolute Gasteiger partial charge is 0.481 e. The molecular weight excluding hydrogens is 250 g/mol. The lowest BCUT2D eigenvalue weighted by molar-refractivity contribution is -0.141. The Kier molecular flexibility index (Phi) is 3.45. The number of carboxylic acid groups (broad SMARTS) is 1. The molecule has 1 saturated heterocycles. The van der Waals surface area contributed by atoms with Crippen LogP contribution < -0.4 is 0 Å². The van der Waals surface area contributed by atoms with Gasteiger partial charge in [-0.2, -0.15) is 0 Å². The van der Waals surface area contributed by atoms with Crippen molar-refractivity contribution in [3.05, 3.63) is 48.0 Å². The minimum absolute atomic E-state index is 0.210. The molecule has 2 atom stereocenters. The van der Waals surface area contributed by atoms with E-state index in [4.69, 9.17) is 5.11 Å². The van der Waals surface area contributed by atoms with Gasteiger partial charge in [0.25, 0.3) is 0 Å². The van der Waals surface area contributed by atoms with Crippen molar-refractivity contribution in [1.82, 2.24) is 4.90 Å². The molecule has 1 N–H and O–H groups in total. The first-order valence-corrected chi connectivity index (χ1v) is 7.10. The molecule has 0 radical (unpaired) electrons. The second-order valence-electron chi connectivity index (χ2n) is 5.60. The van der Waals surface area contributed by atoms with Crippen LogP contribution in [0.1, 0.15) is 24.9 Å². The summed E-state index contributed by atoms with van der Waals surface area (Å²) in [4.78, 5) is 13.3. The molecule has 104 valence electrons. The van der Waals surface area contributed by atoms with Crippen LogP contribution >= 0.6 is 0 Å². The van der Waals surface area contributed by atoms with Crippen LogP contribution in [0, 0.1) is 5.92 Å². The highest BCUT2D eigenvalue weighted by atomic mass is 16.4. The number of benzene rings is 2. The molecule has 3 nitrogen and oxygen atoms in total. The fourth-order valence-electron chi connectivity index (χ4n) is 3.02. The van der Waals surface area contributed by atoms with Crippen molar-refractivity contribution in [3.8, 4) is 0 Å². The minimum Gasteiger partial charge on any atom is -0.481 e. The van der Waals surface area contributed by atoms with E-state index in [2.05, 4.69) is 42.2 Å². The van der Waals surface area contributed by atoms with E-state index in [1.165, 1.54) is 16.3 Å². The van der Waals surface area contributed by atoms with Crippen molar-refractivity contribution in [2.75, 3.05) is 13.1 Å². The number of hydrogen-bond donors (Lipinski definition) is 1. The quantitative estimate of drug-likeness (QED) is 0.929. The molecule has 0 aromatic heterocycles. The standard InChI is InChI=1S/C17H19NO2/c1-12(18-9-8-16(11-18)17(19)20)14-7-6-13-4-2-3-5-15(13)10-14/h2-7,10,12,16H,8-9,11H2,1H3,(H,19,20). The van der Waals surface area contributed by atoms with Gasteiger partial charge in [0.1, 0.15) is 0 Å². The highest BCUT2D eigenvalue weighted by molar-refractivity contribution is 5.83. The van der Waals surface area contributed by atoms with Gasteiger partial charge in [-0.15, -0.1) is 0 Å². The first-order chi connectivity index (χ1) is 9.65. The van der Waals surface area contributed by atoms with Gasteiger partial charge in [0.05, 0.1) is 5.92 Å². The third kappa shape index (κ3) is 2.41. The molecule has 20 heavy (non-hydrogen) atoms. The SMILES string of the molecule is CC(c1ccc2ccccc2c1)N1CCC(C(=O)O)C1. The molecule has 0 bridgehead atoms. The van der Waals surface area contributed by atoms with Gasteiger partial charge in [0.15, 0.2) is 0 Å². The van der Waals surface area contributed by atoms with Gasteiger partial charge in [-0.25, -0.2) is 0 Å². The van der Waals surface area contributed by atoms with Gasteiger partial charge in [-0.1, -0.05) is 36.4 Å². The lowest BCUT2D eigenvalue weighted by Crippen LogP contribution is -2.26. The molecule has 3 rings (SSSR count). The molecular formula is C17H19NO2. The van der Waals surface area contributed by atoms with E-state index in [-0.39, 0.29) is 12.0 Å². The monoisotopic (exact) mass is 269 g/mol. The van der Waals surface area contributed by atoms with Crippen LogP contribution in [0.3, 0.4) is 0 Å². The predicted octanol–water partition coefficient (Wildman–Crippen LogP) is 3.31. The van der Waals surface area contributed by atoms with Gasteiger partial charge in [-0.3, -0.25) is 9.69 Å². The molecule has 0 amide bonds. The number of likely N-dealkylation sites (tertiary alicyclic amines) is 1. The second-order valence-corrected chi connectivity index (χ2v) is 5.60. The zero-order valence-corrected chi connectivity index (χ0v) is 11.6. The highest BCUT2D eigenvalue weighted by Crippen LogP contribution is 2.29. The highest BCUT2D eigenvalue weighted by Gasteiger charge is 2.30. The summed E-state index contributed by atoms with van der Waals surface area (Å²) in [6.45, 7) is 3.68. The van der Waals surface area contributed by atoms with Crippen molar-refractivity contribution in [1.29, 1.82) is 0 Å². The normalized spacial score (nSPS) is 21.1. The Morgan fingerprint density at radius 1 is 1.25 bits per heavy atom. The number of carbonyl (C=O) groups is 1. The maximum absolute atomic E-state index is 11.1. The van der Waals surface area contributed by atoms with Crippen molar-refractivity contribution in [2.45, 2.75) is 19.4 Å². The van der Waals surface area contributed by atoms with Gasteiger partial charge < -0.3 is 5.11 Å². The van der Waals surface area contributed by atoms with E-state index in [0.717, 1.165) is 13.0 Å². The van der Waals surface area contributed by atoms with E-state index >= 15 is 0 Å². The molecule has 1 aliphatic heterocycles. The molecule has 0 saturated carbocycles. The van der Waals surface area contributed by atoms with Crippen molar-refractivity contribution < 1.29 is 9.90 Å². The fourth-order valence-corrected chi connectivity index (χ4v) is 3.02. The average Bonchev–Trinajstić information content (AvgIpc) is 2.96. The van der Waals surface area contributed by atoms with Crippen LogP contribution in [0.25, 0.3) is 10.8 Å². The minimum atomic E-state index is -0.668. The van der Waals surface area contributed by atoms with E-state index in [1.54, 1.807) is 0 Å². The third-order valence-electron chi connectivity index (χ3n) is 4.37. The first kappa shape index (κ1) is 13.1. The Hall–Kier alpha value is -1.87. The van der Waals surface area contributed by atoms with Gasteiger partial charge in [0, 0.05) is 12.6 Å². The smallest absolute Gasteiger partial charge is 0.307 e. The van der Waals surface area contributed by atoms with E-state index < -0.39 is 5.97 Å². The number of fused-ring (bicyclic) bond motifs is 1. The third-order valence-corrected chi connectivity index (χ3v) is 4.37. The second kappa shape index (κ2) is 5.25. The lowest BCUT2D eigenvalue weighted by Gasteiger charge is -2.24. The van der Waals surface area contributed by atoms with E-state index in [0.29, 0.717) is 6.54 Å². The summed E-state index contributed by atoms with van der Waals surface area (Å²) in [6, 6.07) is 15.1. The molecule has 1 aliphatic rings. The summed E-state index contributed by atoms with van der Waals surface area (Å²) in [5, 5.41) is 11.6. The number of rotatable bonds is 3. The molecule has 1 heterocycles. The van der Waals surface area contributed by atoms with Crippen molar-refractivity contribution in [3.63, 3.8) is 0 Å². The Morgan fingerprint density at radius 2 is 2.00 bits per heavy atom. The lowest BCUT2D eigenvalue weighted by atomic mass is 10.0. The zero-order chi connectivity index (χ0) is 14.1. The maximum atomic E-state index is 11.1. The van der Waals surface area contributed by atoms with Crippen LogP contribution in [0.5, 0.6) is 0 Å². The summed E-state index contributed by atoms with van der Waals surface area (Å²) in [5.74, 6) is -0.879. The topological polar surface area (TPSA) is 40.5 Å². The molecule has 0 aliphatic carbocycles. The zero-order valence-electron chi connectivity index (χ0n) is 11.6. The van der Waals surface area contributed by atoms with E-state index in [9.17, 15) is 4.79 Å². The number of aliphatic carboxylic acids is 1. The van der Waals surface area contributed by atoms with Crippen LogP contribution in [-0.4, -0.2) is 29.1 Å². The van der Waals surface area contributed by atoms with Gasteiger partial charge >= 0.3 is 5.97 Å². The summed E-state index contributed by atoms with van der Waals surface area (Å²) in [7, 11) is 0. The number of hydrogen-bond acceptors (Lipinski definition) is 2. The fraction of sp³-hybridized carbons (Fsp3) is 0.353. The molecule has 1 fully saturated rings. The molecule has 2 unspecified atom stereocenters. The number of nitrogens with zero attached hydrogens (tertiary/aromatic N) is 1. The van der Waals surface area contributed by atoms with E-state index in [1.807, 2.05) is 12.1 Å². The maximum Gasteiger partial charge on any atom is 0.307 e. The van der Waals surface area contributed by atoms with Crippen LogP contribution in [-0.2, 0) is 4.79 Å². The van der Waals surface area contributed by atoms with Crippen LogP contribution in [0.4, 0.5) is 0 Å². The van der Waals surface area contributed by atoms with Crippen molar-refractivity contribution in [2.24, 2.45) is 5.92 Å². The van der Waals surface area contributed by atoms with Crippen LogP contribution in [0.15, 0.2) is 42.5 Å². The molecule has 2 aromatic rings. The van der Waals surface area contributed by atoms with Gasteiger partial charge in [-0.05, 0) is 42.3 Å². The Bertz CT molecular complexity index is 638. The molecule has 0 spiro atoms. The summed E-state index contributed by atoms with van der Waals surface area (Å²) in [6.07, 6.45) is 0.757. The van der Waals surface area contributed by atoms with Gasteiger partial charge in [0.2, 0.25) is 0 Å². The molecule has 2 aromatic carbocycles. The first-order valence-electron chi connectivity index (χ1n) is 7.10.